The SMILES string of the molecule is Cn1cnc(-c2cn(-c3ccc(C(F)(F)F)cc3)c3ccccc23)c1. The van der Waals surface area contributed by atoms with Gasteiger partial charge in [0.1, 0.15) is 0 Å². The molecule has 0 atom stereocenters. The molecule has 2 aromatic carbocycles. The smallest absolute Gasteiger partial charge is 0.340 e. The molecule has 0 radical (unpaired) electrons. The Hall–Kier alpha value is -3.02. The zero-order chi connectivity index (χ0) is 17.6. The van der Waals surface area contributed by atoms with Crippen LogP contribution in [0.25, 0.3) is 27.8 Å². The predicted octanol–water partition coefficient (Wildman–Crippen LogP) is 5.05. The van der Waals surface area contributed by atoms with Gasteiger partial charge in [0.05, 0.1) is 23.1 Å². The summed E-state index contributed by atoms with van der Waals surface area (Å²) in [7, 11) is 1.89. The Balaban J connectivity index is 1.88. The third-order valence-corrected chi connectivity index (χ3v) is 4.17. The first kappa shape index (κ1) is 15.5. The van der Waals surface area contributed by atoms with Crippen LogP contribution in [0.5, 0.6) is 0 Å². The van der Waals surface area contributed by atoms with Gasteiger partial charge < -0.3 is 9.13 Å². The summed E-state index contributed by atoms with van der Waals surface area (Å²) >= 11 is 0. The van der Waals surface area contributed by atoms with Crippen molar-refractivity contribution in [1.29, 1.82) is 0 Å². The topological polar surface area (TPSA) is 22.8 Å². The van der Waals surface area contributed by atoms with Gasteiger partial charge in [0.15, 0.2) is 0 Å². The van der Waals surface area contributed by atoms with E-state index in [1.165, 1.54) is 12.1 Å². The number of hydrogen-bond acceptors (Lipinski definition) is 1. The molecule has 2 aromatic heterocycles. The first-order valence-corrected chi connectivity index (χ1v) is 7.69. The van der Waals surface area contributed by atoms with Crippen LogP contribution in [0.1, 0.15) is 5.56 Å². The average Bonchev–Trinajstić information content (AvgIpc) is 3.18. The van der Waals surface area contributed by atoms with Gasteiger partial charge in [-0.3, -0.25) is 0 Å². The van der Waals surface area contributed by atoms with Gasteiger partial charge in [-0.25, -0.2) is 4.98 Å². The second kappa shape index (κ2) is 5.51. The molecule has 0 unspecified atom stereocenters. The molecule has 6 heteroatoms. The molecule has 2 heterocycles. The first-order chi connectivity index (χ1) is 11.9. The van der Waals surface area contributed by atoms with E-state index in [9.17, 15) is 13.2 Å². The summed E-state index contributed by atoms with van der Waals surface area (Å²) in [6.07, 6.45) is 1.21. The Morgan fingerprint density at radius 1 is 0.920 bits per heavy atom. The van der Waals surface area contributed by atoms with Gasteiger partial charge in [-0.05, 0) is 30.3 Å². The number of rotatable bonds is 2. The number of hydrogen-bond donors (Lipinski definition) is 0. The normalized spacial score (nSPS) is 12.0. The van der Waals surface area contributed by atoms with E-state index in [2.05, 4.69) is 4.98 Å². The van der Waals surface area contributed by atoms with Gasteiger partial charge in [-0.15, -0.1) is 0 Å². The lowest BCUT2D eigenvalue weighted by Crippen LogP contribution is -2.04. The number of aromatic nitrogens is 3. The summed E-state index contributed by atoms with van der Waals surface area (Å²) < 4.78 is 42.1. The summed E-state index contributed by atoms with van der Waals surface area (Å²) in [5, 5.41) is 1.00. The lowest BCUT2D eigenvalue weighted by atomic mass is 10.1. The highest BCUT2D eigenvalue weighted by Gasteiger charge is 2.30. The van der Waals surface area contributed by atoms with E-state index in [4.69, 9.17) is 0 Å². The number of imidazole rings is 1. The number of para-hydroxylation sites is 1. The minimum atomic E-state index is -4.34. The quantitative estimate of drug-likeness (QED) is 0.500. The standard InChI is InChI=1S/C19H14F3N3/c1-24-11-17(23-12-24)16-10-25(18-5-3-2-4-15(16)18)14-8-6-13(7-9-14)19(20,21)22/h2-12H,1H3. The third-order valence-electron chi connectivity index (χ3n) is 4.17. The summed E-state index contributed by atoms with van der Waals surface area (Å²) in [6, 6.07) is 12.9. The Morgan fingerprint density at radius 3 is 2.28 bits per heavy atom. The van der Waals surface area contributed by atoms with Crippen molar-refractivity contribution in [3.63, 3.8) is 0 Å². The molecule has 25 heavy (non-hydrogen) atoms. The van der Waals surface area contributed by atoms with Crippen molar-refractivity contribution in [3.8, 4) is 16.9 Å². The van der Waals surface area contributed by atoms with Crippen molar-refractivity contribution in [3.05, 3.63) is 72.8 Å². The van der Waals surface area contributed by atoms with Crippen LogP contribution in [0, 0.1) is 0 Å². The van der Waals surface area contributed by atoms with Crippen LogP contribution in [-0.2, 0) is 13.2 Å². The minimum Gasteiger partial charge on any atom is -0.340 e. The molecule has 126 valence electrons. The molecule has 0 aliphatic rings. The van der Waals surface area contributed by atoms with Crippen LogP contribution in [-0.4, -0.2) is 14.1 Å². The summed E-state index contributed by atoms with van der Waals surface area (Å²) in [6.45, 7) is 0. The lowest BCUT2D eigenvalue weighted by molar-refractivity contribution is -0.137. The number of benzene rings is 2. The van der Waals surface area contributed by atoms with Gasteiger partial charge in [-0.2, -0.15) is 13.2 Å². The molecule has 0 fully saturated rings. The van der Waals surface area contributed by atoms with Crippen LogP contribution in [0.15, 0.2) is 67.3 Å². The molecular formula is C19H14F3N3. The molecule has 0 amide bonds. The second-order valence-electron chi connectivity index (χ2n) is 5.90. The largest absolute Gasteiger partial charge is 0.416 e. The highest BCUT2D eigenvalue weighted by Crippen LogP contribution is 2.33. The molecule has 4 rings (SSSR count). The molecule has 0 aliphatic carbocycles. The molecule has 4 aromatic rings. The van der Waals surface area contributed by atoms with Crippen molar-refractivity contribution in [2.75, 3.05) is 0 Å². The Morgan fingerprint density at radius 2 is 1.64 bits per heavy atom. The number of fused-ring (bicyclic) bond motifs is 1. The first-order valence-electron chi connectivity index (χ1n) is 7.69. The monoisotopic (exact) mass is 341 g/mol. The van der Waals surface area contributed by atoms with Gasteiger partial charge in [-0.1, -0.05) is 18.2 Å². The fourth-order valence-electron chi connectivity index (χ4n) is 2.96. The van der Waals surface area contributed by atoms with Crippen molar-refractivity contribution in [2.45, 2.75) is 6.18 Å². The molecule has 0 saturated heterocycles. The summed E-state index contributed by atoms with van der Waals surface area (Å²) in [5.41, 5.74) is 2.70. The molecule has 0 aliphatic heterocycles. The van der Waals surface area contributed by atoms with Gasteiger partial charge in [0.2, 0.25) is 0 Å². The van der Waals surface area contributed by atoms with Crippen LogP contribution in [0.3, 0.4) is 0 Å². The summed E-state index contributed by atoms with van der Waals surface area (Å²) in [5.74, 6) is 0. The van der Waals surface area contributed by atoms with Crippen LogP contribution in [0.4, 0.5) is 13.2 Å². The van der Waals surface area contributed by atoms with Crippen LogP contribution in [0.2, 0.25) is 0 Å². The Kier molecular flexibility index (Phi) is 3.42. The van der Waals surface area contributed by atoms with Crippen molar-refractivity contribution < 1.29 is 13.2 Å². The zero-order valence-electron chi connectivity index (χ0n) is 13.3. The zero-order valence-corrected chi connectivity index (χ0v) is 13.3. The number of halogens is 3. The van der Waals surface area contributed by atoms with Gasteiger partial charge in [0, 0.05) is 36.1 Å². The fraction of sp³-hybridized carbons (Fsp3) is 0.105. The number of nitrogens with zero attached hydrogens (tertiary/aromatic N) is 3. The highest BCUT2D eigenvalue weighted by atomic mass is 19.4. The molecule has 3 nitrogen and oxygen atoms in total. The maximum absolute atomic E-state index is 12.8. The Bertz CT molecular complexity index is 1040. The second-order valence-corrected chi connectivity index (χ2v) is 5.90. The lowest BCUT2D eigenvalue weighted by Gasteiger charge is -2.09. The number of alkyl halides is 3. The van der Waals surface area contributed by atoms with E-state index in [-0.39, 0.29) is 0 Å². The fourth-order valence-corrected chi connectivity index (χ4v) is 2.96. The van der Waals surface area contributed by atoms with Crippen molar-refractivity contribution in [2.24, 2.45) is 7.05 Å². The van der Waals surface area contributed by atoms with E-state index in [0.717, 1.165) is 34.3 Å². The van der Waals surface area contributed by atoms with Crippen molar-refractivity contribution in [1.82, 2.24) is 14.1 Å². The van der Waals surface area contributed by atoms with Gasteiger partial charge in [0.25, 0.3) is 0 Å². The van der Waals surface area contributed by atoms with Crippen LogP contribution < -0.4 is 0 Å². The maximum Gasteiger partial charge on any atom is 0.416 e. The van der Waals surface area contributed by atoms with Crippen molar-refractivity contribution >= 4 is 10.9 Å². The Labute approximate surface area is 142 Å². The van der Waals surface area contributed by atoms with E-state index >= 15 is 0 Å². The number of aryl methyl sites for hydroxylation is 1. The molecule has 0 bridgehead atoms. The molecular weight excluding hydrogens is 327 g/mol. The minimum absolute atomic E-state index is 0.655. The molecule has 0 N–H and O–H groups in total. The predicted molar refractivity (Wildman–Crippen MR) is 90.5 cm³/mol. The molecule has 0 saturated carbocycles. The van der Waals surface area contributed by atoms with E-state index in [1.54, 1.807) is 6.33 Å². The average molecular weight is 341 g/mol. The van der Waals surface area contributed by atoms with E-state index < -0.39 is 11.7 Å². The third kappa shape index (κ3) is 2.69. The molecule has 0 spiro atoms. The maximum atomic E-state index is 12.8. The van der Waals surface area contributed by atoms with Crippen LogP contribution >= 0.6 is 0 Å². The van der Waals surface area contributed by atoms with E-state index in [0.29, 0.717) is 5.69 Å². The van der Waals surface area contributed by atoms with E-state index in [1.807, 2.05) is 52.8 Å². The highest BCUT2D eigenvalue weighted by molar-refractivity contribution is 5.96. The summed E-state index contributed by atoms with van der Waals surface area (Å²) in [4.78, 5) is 4.39. The van der Waals surface area contributed by atoms with Gasteiger partial charge >= 0.3 is 6.18 Å².